The van der Waals surface area contributed by atoms with Crippen LogP contribution in [0.25, 0.3) is 0 Å². The van der Waals surface area contributed by atoms with Gasteiger partial charge in [-0.25, -0.2) is 0 Å². The van der Waals surface area contributed by atoms with E-state index in [4.69, 9.17) is 14.6 Å². The van der Waals surface area contributed by atoms with Crippen LogP contribution in [0.2, 0.25) is 0 Å². The van der Waals surface area contributed by atoms with Crippen molar-refractivity contribution in [3.8, 4) is 11.5 Å². The Morgan fingerprint density at radius 2 is 2.09 bits per heavy atom. The lowest BCUT2D eigenvalue weighted by Crippen LogP contribution is -2.42. The Morgan fingerprint density at radius 1 is 1.35 bits per heavy atom. The number of amides is 2. The minimum absolute atomic E-state index is 0.0482. The second-order valence-electron chi connectivity index (χ2n) is 5.51. The van der Waals surface area contributed by atoms with Crippen LogP contribution in [0, 0.1) is 5.92 Å². The second kappa shape index (κ2) is 5.79. The monoisotopic (exact) mass is 320 g/mol. The van der Waals surface area contributed by atoms with Gasteiger partial charge in [0.15, 0.2) is 11.5 Å². The van der Waals surface area contributed by atoms with E-state index in [1.807, 2.05) is 0 Å². The van der Waals surface area contributed by atoms with Crippen molar-refractivity contribution in [3.63, 3.8) is 0 Å². The molecular weight excluding hydrogens is 304 g/mol. The summed E-state index contributed by atoms with van der Waals surface area (Å²) in [5, 5.41) is 11.2. The van der Waals surface area contributed by atoms with Crippen molar-refractivity contribution in [2.45, 2.75) is 19.4 Å². The molecule has 2 aliphatic rings. The van der Waals surface area contributed by atoms with E-state index in [1.54, 1.807) is 18.2 Å². The molecule has 8 nitrogen and oxygen atoms in total. The highest BCUT2D eigenvalue weighted by Crippen LogP contribution is 2.37. The van der Waals surface area contributed by atoms with Crippen molar-refractivity contribution in [1.82, 2.24) is 5.32 Å². The SMILES string of the molecule is CC(NC(=O)C1CC(=O)N(c2ccc3c(c2)OCO3)C1)C(=O)O. The van der Waals surface area contributed by atoms with Gasteiger partial charge in [0.2, 0.25) is 18.6 Å². The lowest BCUT2D eigenvalue weighted by atomic mass is 10.1. The van der Waals surface area contributed by atoms with Gasteiger partial charge in [0.25, 0.3) is 0 Å². The zero-order valence-electron chi connectivity index (χ0n) is 12.4. The summed E-state index contributed by atoms with van der Waals surface area (Å²) in [4.78, 5) is 36.5. The first-order valence-corrected chi connectivity index (χ1v) is 7.19. The number of carboxylic acid groups (broad SMARTS) is 1. The summed E-state index contributed by atoms with van der Waals surface area (Å²) in [6.45, 7) is 1.73. The van der Waals surface area contributed by atoms with Crippen LogP contribution in [0.4, 0.5) is 5.69 Å². The molecule has 8 heteroatoms. The highest BCUT2D eigenvalue weighted by Gasteiger charge is 2.36. The molecule has 2 atom stereocenters. The van der Waals surface area contributed by atoms with Gasteiger partial charge in [0.05, 0.1) is 5.92 Å². The maximum Gasteiger partial charge on any atom is 0.325 e. The van der Waals surface area contributed by atoms with E-state index in [-0.39, 0.29) is 25.7 Å². The third-order valence-corrected chi connectivity index (χ3v) is 3.89. The third kappa shape index (κ3) is 2.92. The number of carboxylic acids is 1. The number of hydrogen-bond acceptors (Lipinski definition) is 5. The molecule has 0 radical (unpaired) electrons. The topological polar surface area (TPSA) is 105 Å². The van der Waals surface area contributed by atoms with Crippen LogP contribution in [0.3, 0.4) is 0 Å². The van der Waals surface area contributed by atoms with Crippen molar-refractivity contribution < 1.29 is 29.0 Å². The van der Waals surface area contributed by atoms with Gasteiger partial charge in [0.1, 0.15) is 6.04 Å². The molecule has 122 valence electrons. The van der Waals surface area contributed by atoms with Crippen LogP contribution in [-0.4, -0.2) is 42.3 Å². The van der Waals surface area contributed by atoms with Crippen molar-refractivity contribution in [1.29, 1.82) is 0 Å². The van der Waals surface area contributed by atoms with Crippen molar-refractivity contribution in [3.05, 3.63) is 18.2 Å². The predicted octanol–water partition coefficient (Wildman–Crippen LogP) is 0.357. The number of ether oxygens (including phenoxy) is 2. The summed E-state index contributed by atoms with van der Waals surface area (Å²) in [5.74, 6) is -1.14. The van der Waals surface area contributed by atoms with Crippen LogP contribution in [-0.2, 0) is 14.4 Å². The summed E-state index contributed by atoms with van der Waals surface area (Å²) in [5.41, 5.74) is 0.626. The van der Waals surface area contributed by atoms with Gasteiger partial charge < -0.3 is 24.8 Å². The number of carbonyl (C=O) groups excluding carboxylic acids is 2. The van der Waals surface area contributed by atoms with E-state index in [9.17, 15) is 14.4 Å². The molecule has 2 aliphatic heterocycles. The number of benzene rings is 1. The zero-order chi connectivity index (χ0) is 16.6. The summed E-state index contributed by atoms with van der Waals surface area (Å²) >= 11 is 0. The maximum atomic E-state index is 12.2. The smallest absolute Gasteiger partial charge is 0.325 e. The molecule has 1 aromatic rings. The molecule has 2 heterocycles. The average Bonchev–Trinajstić information content (AvgIpc) is 3.12. The summed E-state index contributed by atoms with van der Waals surface area (Å²) in [7, 11) is 0. The third-order valence-electron chi connectivity index (χ3n) is 3.89. The minimum atomic E-state index is -1.12. The fourth-order valence-electron chi connectivity index (χ4n) is 2.58. The number of carbonyl (C=O) groups is 3. The first-order chi connectivity index (χ1) is 11.0. The van der Waals surface area contributed by atoms with Crippen molar-refractivity contribution in [2.75, 3.05) is 18.2 Å². The number of nitrogens with one attached hydrogen (secondary N) is 1. The van der Waals surface area contributed by atoms with E-state index < -0.39 is 23.8 Å². The Balaban J connectivity index is 1.70. The quantitative estimate of drug-likeness (QED) is 0.830. The molecule has 0 aromatic heterocycles. The van der Waals surface area contributed by atoms with E-state index in [2.05, 4.69) is 5.32 Å². The maximum absolute atomic E-state index is 12.2. The van der Waals surface area contributed by atoms with Gasteiger partial charge in [-0.3, -0.25) is 14.4 Å². The molecule has 2 amide bonds. The summed E-state index contributed by atoms with van der Waals surface area (Å²) < 4.78 is 10.5. The molecule has 0 saturated carbocycles. The molecule has 1 saturated heterocycles. The van der Waals surface area contributed by atoms with Crippen LogP contribution < -0.4 is 19.7 Å². The van der Waals surface area contributed by atoms with Crippen molar-refractivity contribution >= 4 is 23.5 Å². The molecule has 3 rings (SSSR count). The summed E-state index contributed by atoms with van der Waals surface area (Å²) in [6.07, 6.45) is 0.0482. The number of fused-ring (bicyclic) bond motifs is 1. The molecule has 0 spiro atoms. The zero-order valence-corrected chi connectivity index (χ0v) is 12.4. The van der Waals surface area contributed by atoms with Crippen LogP contribution >= 0.6 is 0 Å². The molecule has 2 N–H and O–H groups in total. The van der Waals surface area contributed by atoms with Gasteiger partial charge in [-0.15, -0.1) is 0 Å². The Bertz CT molecular complexity index is 674. The van der Waals surface area contributed by atoms with Gasteiger partial charge in [-0.2, -0.15) is 0 Å². The lowest BCUT2D eigenvalue weighted by molar-refractivity contribution is -0.141. The lowest BCUT2D eigenvalue weighted by Gasteiger charge is -2.17. The molecule has 23 heavy (non-hydrogen) atoms. The fraction of sp³-hybridized carbons (Fsp3) is 0.400. The number of nitrogens with zero attached hydrogens (tertiary/aromatic N) is 1. The molecule has 2 unspecified atom stereocenters. The Labute approximate surface area is 132 Å². The largest absolute Gasteiger partial charge is 0.480 e. The second-order valence-corrected chi connectivity index (χ2v) is 5.51. The predicted molar refractivity (Wildman–Crippen MR) is 78.3 cm³/mol. The molecular formula is C15H16N2O6. The first kappa shape index (κ1) is 15.1. The van der Waals surface area contributed by atoms with Gasteiger partial charge in [-0.05, 0) is 19.1 Å². The highest BCUT2D eigenvalue weighted by molar-refractivity contribution is 6.01. The normalized spacial score (nSPS) is 20.5. The van der Waals surface area contributed by atoms with Crippen LogP contribution in [0.15, 0.2) is 18.2 Å². The van der Waals surface area contributed by atoms with Crippen LogP contribution in [0.5, 0.6) is 11.5 Å². The standard InChI is InChI=1S/C15H16N2O6/c1-8(15(20)21)16-14(19)9-4-13(18)17(6-9)10-2-3-11-12(5-10)23-7-22-11/h2-3,5,8-9H,4,6-7H2,1H3,(H,16,19)(H,20,21). The Hall–Kier alpha value is -2.77. The molecule has 1 fully saturated rings. The number of hydrogen-bond donors (Lipinski definition) is 2. The molecule has 0 bridgehead atoms. The van der Waals surface area contributed by atoms with Gasteiger partial charge in [-0.1, -0.05) is 0 Å². The molecule has 1 aromatic carbocycles. The molecule has 0 aliphatic carbocycles. The first-order valence-electron chi connectivity index (χ1n) is 7.19. The van der Waals surface area contributed by atoms with E-state index in [0.717, 1.165) is 0 Å². The van der Waals surface area contributed by atoms with Gasteiger partial charge >= 0.3 is 5.97 Å². The van der Waals surface area contributed by atoms with Gasteiger partial charge in [0, 0.05) is 24.7 Å². The summed E-state index contributed by atoms with van der Waals surface area (Å²) in [6, 6.07) is 4.15. The minimum Gasteiger partial charge on any atom is -0.480 e. The highest BCUT2D eigenvalue weighted by atomic mass is 16.7. The van der Waals surface area contributed by atoms with E-state index in [1.165, 1.54) is 11.8 Å². The number of aliphatic carboxylic acids is 1. The van der Waals surface area contributed by atoms with E-state index >= 15 is 0 Å². The van der Waals surface area contributed by atoms with Crippen LogP contribution in [0.1, 0.15) is 13.3 Å². The van der Waals surface area contributed by atoms with Crippen molar-refractivity contribution in [2.24, 2.45) is 5.92 Å². The van der Waals surface area contributed by atoms with E-state index in [0.29, 0.717) is 17.2 Å². The Morgan fingerprint density at radius 3 is 2.83 bits per heavy atom. The number of rotatable bonds is 4. The fourth-order valence-corrected chi connectivity index (χ4v) is 2.58. The number of anilines is 1. The Kier molecular flexibility index (Phi) is 3.81. The average molecular weight is 320 g/mol.